The highest BCUT2D eigenvalue weighted by Gasteiger charge is 2.14. The van der Waals surface area contributed by atoms with Crippen molar-refractivity contribution in [3.63, 3.8) is 0 Å². The van der Waals surface area contributed by atoms with E-state index in [-0.39, 0.29) is 5.56 Å². The fourth-order valence-corrected chi connectivity index (χ4v) is 1.49. The van der Waals surface area contributed by atoms with Gasteiger partial charge in [-0.3, -0.25) is 0 Å². The normalized spacial score (nSPS) is 10.4. The van der Waals surface area contributed by atoms with E-state index in [2.05, 4.69) is 5.32 Å². The number of alkyl halides is 2. The minimum absolute atomic E-state index is 0.124. The first kappa shape index (κ1) is 14.9. The van der Waals surface area contributed by atoms with Crippen molar-refractivity contribution in [2.45, 2.75) is 13.3 Å². The molecule has 0 fully saturated rings. The van der Waals surface area contributed by atoms with Crippen LogP contribution in [-0.2, 0) is 0 Å². The van der Waals surface area contributed by atoms with Gasteiger partial charge in [0.1, 0.15) is 0 Å². The number of aryl methyl sites for hydroxylation is 1. The van der Waals surface area contributed by atoms with Gasteiger partial charge in [0.2, 0.25) is 0 Å². The fourth-order valence-electron chi connectivity index (χ4n) is 1.49. The topological polar surface area (TPSA) is 69.6 Å². The third-order valence-corrected chi connectivity index (χ3v) is 2.47. The first-order valence-electron chi connectivity index (χ1n) is 5.45. The van der Waals surface area contributed by atoms with Crippen LogP contribution in [0.15, 0.2) is 18.2 Å². The number of nitrogens with one attached hydrogen (secondary N) is 1. The fraction of sp³-hybridized carbons (Fsp3) is 0.333. The van der Waals surface area contributed by atoms with Crippen molar-refractivity contribution in [1.29, 1.82) is 0 Å². The van der Waals surface area contributed by atoms with Crippen LogP contribution in [0.5, 0.6) is 0 Å². The molecule has 0 unspecified atom stereocenters. The van der Waals surface area contributed by atoms with Crippen molar-refractivity contribution in [2.24, 2.45) is 0 Å². The molecule has 2 N–H and O–H groups in total. The SMILES string of the molecule is Cc1cc(NC(=O)N(C)CC(F)F)ccc1C(=O)O. The van der Waals surface area contributed by atoms with Crippen LogP contribution < -0.4 is 5.32 Å². The number of hydrogen-bond acceptors (Lipinski definition) is 2. The number of carboxylic acids is 1. The summed E-state index contributed by atoms with van der Waals surface area (Å²) in [5.41, 5.74) is 0.953. The molecule has 0 radical (unpaired) electrons. The number of aromatic carboxylic acids is 1. The molecular formula is C12H14F2N2O3. The molecule has 0 heterocycles. The minimum Gasteiger partial charge on any atom is -0.478 e. The zero-order valence-corrected chi connectivity index (χ0v) is 10.5. The van der Waals surface area contributed by atoms with E-state index in [1.54, 1.807) is 6.92 Å². The molecule has 104 valence electrons. The van der Waals surface area contributed by atoms with Crippen LogP contribution in [0.2, 0.25) is 0 Å². The van der Waals surface area contributed by atoms with E-state index in [0.717, 1.165) is 4.90 Å². The molecule has 0 spiro atoms. The predicted octanol–water partition coefficient (Wildman–Crippen LogP) is 2.42. The molecule has 0 atom stereocenters. The number of carbonyl (C=O) groups excluding carboxylic acids is 1. The summed E-state index contributed by atoms with van der Waals surface area (Å²) in [5.74, 6) is -1.06. The van der Waals surface area contributed by atoms with Crippen molar-refractivity contribution in [3.05, 3.63) is 29.3 Å². The Kier molecular flexibility index (Phi) is 4.80. The van der Waals surface area contributed by atoms with Gasteiger partial charge in [0, 0.05) is 12.7 Å². The molecule has 2 amide bonds. The molecule has 1 aromatic carbocycles. The van der Waals surface area contributed by atoms with Crippen LogP contribution in [0.1, 0.15) is 15.9 Å². The first-order chi connectivity index (χ1) is 8.81. The van der Waals surface area contributed by atoms with E-state index in [9.17, 15) is 18.4 Å². The summed E-state index contributed by atoms with van der Waals surface area (Å²) >= 11 is 0. The van der Waals surface area contributed by atoms with Gasteiger partial charge in [0.25, 0.3) is 6.43 Å². The standard InChI is InChI=1S/C12H14F2N2O3/c1-7-5-8(3-4-9(7)11(17)18)15-12(19)16(2)6-10(13)14/h3-5,10H,6H2,1-2H3,(H,15,19)(H,17,18). The molecule has 0 aliphatic carbocycles. The van der Waals surface area contributed by atoms with E-state index in [1.165, 1.54) is 25.2 Å². The summed E-state index contributed by atoms with van der Waals surface area (Å²) in [7, 11) is 1.25. The number of benzene rings is 1. The first-order valence-corrected chi connectivity index (χ1v) is 5.45. The summed E-state index contributed by atoms with van der Waals surface area (Å²) in [5, 5.41) is 11.3. The van der Waals surface area contributed by atoms with Crippen molar-refractivity contribution in [3.8, 4) is 0 Å². The average Bonchev–Trinajstić information content (AvgIpc) is 2.27. The average molecular weight is 272 g/mol. The molecule has 0 aromatic heterocycles. The number of hydrogen-bond donors (Lipinski definition) is 2. The van der Waals surface area contributed by atoms with Gasteiger partial charge in [-0.05, 0) is 30.7 Å². The zero-order valence-electron chi connectivity index (χ0n) is 10.5. The van der Waals surface area contributed by atoms with Crippen LogP contribution in [0.25, 0.3) is 0 Å². The second-order valence-electron chi connectivity index (χ2n) is 4.04. The lowest BCUT2D eigenvalue weighted by atomic mass is 10.1. The number of carboxylic acid groups (broad SMARTS) is 1. The Hall–Kier alpha value is -2.18. The summed E-state index contributed by atoms with van der Waals surface area (Å²) in [6, 6.07) is 3.55. The van der Waals surface area contributed by atoms with Crippen molar-refractivity contribution in [1.82, 2.24) is 4.90 Å². The van der Waals surface area contributed by atoms with Gasteiger partial charge < -0.3 is 15.3 Å². The second-order valence-corrected chi connectivity index (χ2v) is 4.04. The second kappa shape index (κ2) is 6.12. The van der Waals surface area contributed by atoms with Gasteiger partial charge in [-0.1, -0.05) is 0 Å². The van der Waals surface area contributed by atoms with Gasteiger partial charge in [0.05, 0.1) is 12.1 Å². The molecule has 19 heavy (non-hydrogen) atoms. The highest BCUT2D eigenvalue weighted by Crippen LogP contribution is 2.15. The lowest BCUT2D eigenvalue weighted by Gasteiger charge is -2.17. The minimum atomic E-state index is -2.60. The van der Waals surface area contributed by atoms with Crippen LogP contribution in [0.3, 0.4) is 0 Å². The van der Waals surface area contributed by atoms with E-state index >= 15 is 0 Å². The van der Waals surface area contributed by atoms with Crippen LogP contribution >= 0.6 is 0 Å². The van der Waals surface area contributed by atoms with Gasteiger partial charge in [0.15, 0.2) is 0 Å². The smallest absolute Gasteiger partial charge is 0.335 e. The number of amides is 2. The number of halogens is 2. The van der Waals surface area contributed by atoms with E-state index in [4.69, 9.17) is 5.11 Å². The van der Waals surface area contributed by atoms with Crippen LogP contribution in [-0.4, -0.2) is 42.0 Å². The monoisotopic (exact) mass is 272 g/mol. The van der Waals surface area contributed by atoms with E-state index < -0.39 is 25.0 Å². The molecule has 5 nitrogen and oxygen atoms in total. The number of urea groups is 1. The molecular weight excluding hydrogens is 258 g/mol. The molecule has 7 heteroatoms. The summed E-state index contributed by atoms with van der Waals surface area (Å²) in [6.07, 6.45) is -2.60. The van der Waals surface area contributed by atoms with E-state index in [0.29, 0.717) is 11.3 Å². The quantitative estimate of drug-likeness (QED) is 0.884. The largest absolute Gasteiger partial charge is 0.478 e. The number of rotatable bonds is 4. The summed E-state index contributed by atoms with van der Waals surface area (Å²) < 4.78 is 24.2. The summed E-state index contributed by atoms with van der Waals surface area (Å²) in [4.78, 5) is 23.2. The van der Waals surface area contributed by atoms with Crippen LogP contribution in [0.4, 0.5) is 19.3 Å². The Morgan fingerprint density at radius 2 is 2.05 bits per heavy atom. The Morgan fingerprint density at radius 3 is 2.53 bits per heavy atom. The highest BCUT2D eigenvalue weighted by atomic mass is 19.3. The van der Waals surface area contributed by atoms with Gasteiger partial charge in [-0.2, -0.15) is 0 Å². The Morgan fingerprint density at radius 1 is 1.42 bits per heavy atom. The third-order valence-electron chi connectivity index (χ3n) is 2.47. The number of nitrogens with zero attached hydrogens (tertiary/aromatic N) is 1. The predicted molar refractivity (Wildman–Crippen MR) is 65.8 cm³/mol. The Balaban J connectivity index is 2.75. The van der Waals surface area contributed by atoms with E-state index in [1.807, 2.05) is 0 Å². The Bertz CT molecular complexity index is 492. The number of carbonyl (C=O) groups is 2. The molecule has 1 rings (SSSR count). The molecule has 0 bridgehead atoms. The molecule has 0 saturated carbocycles. The molecule has 1 aromatic rings. The Labute approximate surface area is 108 Å². The van der Waals surface area contributed by atoms with Crippen molar-refractivity contribution >= 4 is 17.7 Å². The molecule has 0 saturated heterocycles. The zero-order chi connectivity index (χ0) is 14.6. The lowest BCUT2D eigenvalue weighted by molar-refractivity contribution is 0.0696. The maximum absolute atomic E-state index is 12.1. The molecule has 0 aliphatic heterocycles. The molecule has 0 aliphatic rings. The lowest BCUT2D eigenvalue weighted by Crippen LogP contribution is -2.34. The van der Waals surface area contributed by atoms with Gasteiger partial charge in [-0.15, -0.1) is 0 Å². The number of anilines is 1. The maximum atomic E-state index is 12.1. The third kappa shape index (κ3) is 4.20. The van der Waals surface area contributed by atoms with Crippen LogP contribution in [0, 0.1) is 6.92 Å². The maximum Gasteiger partial charge on any atom is 0.335 e. The highest BCUT2D eigenvalue weighted by molar-refractivity contribution is 5.92. The van der Waals surface area contributed by atoms with Gasteiger partial charge >= 0.3 is 12.0 Å². The van der Waals surface area contributed by atoms with Gasteiger partial charge in [-0.25, -0.2) is 18.4 Å². The van der Waals surface area contributed by atoms with Crippen molar-refractivity contribution in [2.75, 3.05) is 18.9 Å². The summed E-state index contributed by atoms with van der Waals surface area (Å²) in [6.45, 7) is 0.917. The van der Waals surface area contributed by atoms with Crippen molar-refractivity contribution < 1.29 is 23.5 Å².